The Labute approximate surface area is 109 Å². The van der Waals surface area contributed by atoms with Crippen LogP contribution in [0.15, 0.2) is 12.1 Å². The summed E-state index contributed by atoms with van der Waals surface area (Å²) >= 11 is 0. The van der Waals surface area contributed by atoms with Crippen molar-refractivity contribution in [2.24, 2.45) is 0 Å². The number of hydrogen-bond donors (Lipinski definition) is 0. The predicted molar refractivity (Wildman–Crippen MR) is 73.5 cm³/mol. The van der Waals surface area contributed by atoms with Crippen molar-refractivity contribution in [1.82, 2.24) is 4.48 Å². The van der Waals surface area contributed by atoms with Crippen LogP contribution in [-0.2, 0) is 6.42 Å². The first-order valence-electron chi connectivity index (χ1n) is 6.91. The zero-order valence-electron chi connectivity index (χ0n) is 11.4. The number of methoxy groups -OCH3 is 2. The summed E-state index contributed by atoms with van der Waals surface area (Å²) < 4.78 is 12.0. The second kappa shape index (κ2) is 4.47. The van der Waals surface area contributed by atoms with Crippen molar-refractivity contribution in [3.63, 3.8) is 0 Å². The maximum Gasteiger partial charge on any atom is 0.166 e. The number of nitrogens with zero attached hydrogens (tertiary/aromatic N) is 1. The van der Waals surface area contributed by atoms with Gasteiger partial charge in [0.25, 0.3) is 0 Å². The lowest BCUT2D eigenvalue weighted by Gasteiger charge is -2.38. The van der Waals surface area contributed by atoms with Gasteiger partial charge in [-0.05, 0) is 25.3 Å². The minimum Gasteiger partial charge on any atom is -0.493 e. The van der Waals surface area contributed by atoms with Gasteiger partial charge in [-0.15, -0.1) is 0 Å². The Kier molecular flexibility index (Phi) is 2.94. The van der Waals surface area contributed by atoms with Crippen LogP contribution in [0.4, 0.5) is 5.69 Å². The number of fused-ring (bicyclic) bond motifs is 2. The van der Waals surface area contributed by atoms with Crippen molar-refractivity contribution in [1.29, 1.82) is 0 Å². The number of benzene rings is 1. The van der Waals surface area contributed by atoms with Crippen molar-refractivity contribution in [2.45, 2.75) is 25.7 Å². The zero-order valence-corrected chi connectivity index (χ0v) is 11.4. The fourth-order valence-corrected chi connectivity index (χ4v) is 3.59. The molecule has 1 spiro atoms. The van der Waals surface area contributed by atoms with E-state index in [2.05, 4.69) is 12.1 Å². The third kappa shape index (κ3) is 1.69. The quantitative estimate of drug-likeness (QED) is 0.749. The summed E-state index contributed by atoms with van der Waals surface area (Å²) in [5.74, 6) is 1.74. The fourth-order valence-electron chi connectivity index (χ4n) is 3.59. The molecule has 0 bridgehead atoms. The Bertz CT molecular complexity index is 450. The largest absolute Gasteiger partial charge is 0.493 e. The van der Waals surface area contributed by atoms with Gasteiger partial charge in [0.05, 0.1) is 33.9 Å². The Morgan fingerprint density at radius 2 is 1.56 bits per heavy atom. The number of rotatable bonds is 2. The SMILES string of the molecule is COc1cc2c(cc1OC)[N+]1(CCCCC1)CC2. The van der Waals surface area contributed by atoms with Gasteiger partial charge in [0.1, 0.15) is 5.69 Å². The first-order chi connectivity index (χ1) is 8.79. The molecule has 98 valence electrons. The Hall–Kier alpha value is -1.22. The van der Waals surface area contributed by atoms with Gasteiger partial charge in [0.15, 0.2) is 11.5 Å². The molecular formula is C15H22NO2+. The molecule has 0 amide bonds. The van der Waals surface area contributed by atoms with Crippen LogP contribution in [-0.4, -0.2) is 33.9 Å². The molecule has 0 aliphatic carbocycles. The standard InChI is InChI=1S/C15H22NO2/c1-17-14-10-12-6-9-16(7-4-3-5-8-16)13(12)11-15(14)18-2/h10-11H,3-9H2,1-2H3/q+1. The van der Waals surface area contributed by atoms with Crippen LogP contribution in [0.3, 0.4) is 0 Å². The van der Waals surface area contributed by atoms with Crippen molar-refractivity contribution < 1.29 is 9.47 Å². The van der Waals surface area contributed by atoms with E-state index >= 15 is 0 Å². The number of piperidine rings is 1. The molecule has 0 N–H and O–H groups in total. The lowest BCUT2D eigenvalue weighted by Crippen LogP contribution is -2.51. The summed E-state index contributed by atoms with van der Waals surface area (Å²) in [4.78, 5) is 0. The predicted octanol–water partition coefficient (Wildman–Crippen LogP) is 2.75. The third-order valence-corrected chi connectivity index (χ3v) is 4.58. The van der Waals surface area contributed by atoms with E-state index in [1.807, 2.05) is 0 Å². The van der Waals surface area contributed by atoms with Crippen molar-refractivity contribution >= 4 is 5.69 Å². The van der Waals surface area contributed by atoms with Crippen LogP contribution in [0, 0.1) is 0 Å². The molecule has 2 heterocycles. The van der Waals surface area contributed by atoms with Crippen LogP contribution in [0.1, 0.15) is 24.8 Å². The van der Waals surface area contributed by atoms with E-state index in [1.54, 1.807) is 14.2 Å². The third-order valence-electron chi connectivity index (χ3n) is 4.58. The van der Waals surface area contributed by atoms with Gasteiger partial charge < -0.3 is 9.47 Å². The van der Waals surface area contributed by atoms with E-state index in [9.17, 15) is 0 Å². The molecule has 0 radical (unpaired) electrons. The van der Waals surface area contributed by atoms with Crippen LogP contribution in [0.2, 0.25) is 0 Å². The Balaban J connectivity index is 2.05. The van der Waals surface area contributed by atoms with Gasteiger partial charge in [0, 0.05) is 18.1 Å². The second-order valence-corrected chi connectivity index (χ2v) is 5.46. The first kappa shape index (κ1) is 11.8. The zero-order chi connectivity index (χ0) is 12.6. The average molecular weight is 248 g/mol. The van der Waals surface area contributed by atoms with Gasteiger partial charge in [-0.2, -0.15) is 0 Å². The van der Waals surface area contributed by atoms with Gasteiger partial charge >= 0.3 is 0 Å². The molecule has 2 aliphatic heterocycles. The first-order valence-corrected chi connectivity index (χ1v) is 6.91. The van der Waals surface area contributed by atoms with E-state index in [1.165, 1.54) is 61.1 Å². The van der Waals surface area contributed by atoms with Crippen molar-refractivity contribution in [2.75, 3.05) is 33.9 Å². The average Bonchev–Trinajstić information content (AvgIpc) is 2.76. The highest BCUT2D eigenvalue weighted by Gasteiger charge is 2.40. The number of quaternary nitrogens is 1. The fraction of sp³-hybridized carbons (Fsp3) is 0.600. The lowest BCUT2D eigenvalue weighted by molar-refractivity contribution is 0.246. The van der Waals surface area contributed by atoms with E-state index in [0.717, 1.165) is 11.5 Å². The molecule has 3 heteroatoms. The second-order valence-electron chi connectivity index (χ2n) is 5.46. The van der Waals surface area contributed by atoms with Crippen LogP contribution in [0.5, 0.6) is 11.5 Å². The topological polar surface area (TPSA) is 18.5 Å². The summed E-state index contributed by atoms with van der Waals surface area (Å²) in [7, 11) is 3.43. The summed E-state index contributed by atoms with van der Waals surface area (Å²) in [5.41, 5.74) is 2.93. The maximum atomic E-state index is 5.46. The molecule has 0 saturated carbocycles. The van der Waals surface area contributed by atoms with Crippen LogP contribution in [0.25, 0.3) is 0 Å². The molecular weight excluding hydrogens is 226 g/mol. The molecule has 1 fully saturated rings. The molecule has 18 heavy (non-hydrogen) atoms. The van der Waals surface area contributed by atoms with Crippen LogP contribution >= 0.6 is 0 Å². The monoisotopic (exact) mass is 248 g/mol. The highest BCUT2D eigenvalue weighted by Crippen LogP contribution is 2.43. The molecule has 3 rings (SSSR count). The van der Waals surface area contributed by atoms with Gasteiger partial charge in [-0.1, -0.05) is 0 Å². The number of ether oxygens (including phenoxy) is 2. The molecule has 0 unspecified atom stereocenters. The molecule has 3 nitrogen and oxygen atoms in total. The highest BCUT2D eigenvalue weighted by atomic mass is 16.5. The Morgan fingerprint density at radius 1 is 0.889 bits per heavy atom. The van der Waals surface area contributed by atoms with Gasteiger partial charge in [-0.3, -0.25) is 4.48 Å². The maximum absolute atomic E-state index is 5.46. The molecule has 0 atom stereocenters. The lowest BCUT2D eigenvalue weighted by atomic mass is 10.1. The Morgan fingerprint density at radius 3 is 2.22 bits per heavy atom. The molecule has 2 aliphatic rings. The minimum atomic E-state index is 0.869. The van der Waals surface area contributed by atoms with E-state index in [0.29, 0.717) is 0 Å². The summed E-state index contributed by atoms with van der Waals surface area (Å²) in [6.45, 7) is 3.84. The van der Waals surface area contributed by atoms with Gasteiger partial charge in [-0.25, -0.2) is 0 Å². The van der Waals surface area contributed by atoms with E-state index < -0.39 is 0 Å². The van der Waals surface area contributed by atoms with E-state index in [4.69, 9.17) is 9.47 Å². The summed E-state index contributed by atoms with van der Waals surface area (Å²) in [5, 5.41) is 0. The van der Waals surface area contributed by atoms with Crippen molar-refractivity contribution in [3.05, 3.63) is 17.7 Å². The number of hydrogen-bond acceptors (Lipinski definition) is 2. The summed E-state index contributed by atoms with van der Waals surface area (Å²) in [6.07, 6.45) is 5.28. The molecule has 0 aromatic heterocycles. The smallest absolute Gasteiger partial charge is 0.166 e. The molecule has 1 saturated heterocycles. The van der Waals surface area contributed by atoms with Gasteiger partial charge in [0.2, 0.25) is 0 Å². The van der Waals surface area contributed by atoms with Crippen LogP contribution < -0.4 is 14.0 Å². The minimum absolute atomic E-state index is 0.869. The van der Waals surface area contributed by atoms with E-state index in [-0.39, 0.29) is 0 Å². The van der Waals surface area contributed by atoms with Crippen molar-refractivity contribution in [3.8, 4) is 11.5 Å². The highest BCUT2D eigenvalue weighted by molar-refractivity contribution is 5.63. The molecule has 1 aromatic rings. The summed E-state index contributed by atoms with van der Waals surface area (Å²) in [6, 6.07) is 4.39. The molecule has 1 aromatic carbocycles. The normalized spacial score (nSPS) is 20.8.